The quantitative estimate of drug-likeness (QED) is 0.711. The molecule has 26 heavy (non-hydrogen) atoms. The van der Waals surface area contributed by atoms with Crippen molar-refractivity contribution in [2.45, 2.75) is 37.9 Å². The third kappa shape index (κ3) is 2.53. The van der Waals surface area contributed by atoms with Crippen LogP contribution in [0.5, 0.6) is 0 Å². The highest BCUT2D eigenvalue weighted by molar-refractivity contribution is 6.24. The van der Waals surface area contributed by atoms with E-state index in [0.29, 0.717) is 30.3 Å². The standard InChI is InChI=1S/C18H20N4O4/c19-8-11-6-7-21(11)9-10-2-1-3-12-15(10)18(26)22(17(12)25)13-4-5-14(23)20-16(13)24/h1-3,11,13H,4-9,19H2,(H,20,23,24). The van der Waals surface area contributed by atoms with Crippen LogP contribution in [-0.4, -0.2) is 58.6 Å². The van der Waals surface area contributed by atoms with Crippen molar-refractivity contribution in [1.82, 2.24) is 15.1 Å². The molecule has 8 nitrogen and oxygen atoms in total. The van der Waals surface area contributed by atoms with Crippen molar-refractivity contribution >= 4 is 23.6 Å². The average Bonchev–Trinajstić information content (AvgIpc) is 2.84. The highest BCUT2D eigenvalue weighted by Crippen LogP contribution is 2.31. The minimum atomic E-state index is -0.936. The highest BCUT2D eigenvalue weighted by Gasteiger charge is 2.45. The number of nitrogens with two attached hydrogens (primary N) is 1. The van der Waals surface area contributed by atoms with Crippen LogP contribution in [0.4, 0.5) is 0 Å². The Balaban J connectivity index is 1.63. The number of carbonyl (C=O) groups is 4. The summed E-state index contributed by atoms with van der Waals surface area (Å²) in [4.78, 5) is 52.4. The third-order valence-corrected chi connectivity index (χ3v) is 5.47. The van der Waals surface area contributed by atoms with Gasteiger partial charge in [-0.1, -0.05) is 12.1 Å². The molecule has 136 valence electrons. The monoisotopic (exact) mass is 356 g/mol. The Morgan fingerprint density at radius 2 is 1.92 bits per heavy atom. The number of hydrogen-bond donors (Lipinski definition) is 2. The van der Waals surface area contributed by atoms with Crippen molar-refractivity contribution in [3.05, 3.63) is 34.9 Å². The molecule has 3 heterocycles. The molecule has 0 aliphatic carbocycles. The number of likely N-dealkylation sites (tertiary alicyclic amines) is 1. The normalized spacial score (nSPS) is 26.0. The molecule has 8 heteroatoms. The summed E-state index contributed by atoms with van der Waals surface area (Å²) in [5, 5.41) is 2.21. The Kier molecular flexibility index (Phi) is 4.08. The van der Waals surface area contributed by atoms with E-state index in [0.717, 1.165) is 23.4 Å². The van der Waals surface area contributed by atoms with Crippen LogP contribution in [-0.2, 0) is 16.1 Å². The average molecular weight is 356 g/mol. The van der Waals surface area contributed by atoms with Gasteiger partial charge in [0, 0.05) is 32.1 Å². The van der Waals surface area contributed by atoms with Crippen LogP contribution in [0.3, 0.4) is 0 Å². The number of nitrogens with one attached hydrogen (secondary N) is 1. The minimum absolute atomic E-state index is 0.114. The fraction of sp³-hybridized carbons (Fsp3) is 0.444. The maximum Gasteiger partial charge on any atom is 0.262 e. The summed E-state index contributed by atoms with van der Waals surface area (Å²) in [5.74, 6) is -1.90. The number of benzene rings is 1. The van der Waals surface area contributed by atoms with Gasteiger partial charge < -0.3 is 5.73 Å². The van der Waals surface area contributed by atoms with E-state index < -0.39 is 23.8 Å². The maximum atomic E-state index is 13.0. The van der Waals surface area contributed by atoms with Crippen LogP contribution >= 0.6 is 0 Å². The van der Waals surface area contributed by atoms with Crippen LogP contribution in [0, 0.1) is 0 Å². The van der Waals surface area contributed by atoms with E-state index in [9.17, 15) is 19.2 Å². The first-order chi connectivity index (χ1) is 12.5. The molecule has 3 N–H and O–H groups in total. The minimum Gasteiger partial charge on any atom is -0.329 e. The van der Waals surface area contributed by atoms with Crippen LogP contribution in [0.15, 0.2) is 18.2 Å². The molecular weight excluding hydrogens is 336 g/mol. The van der Waals surface area contributed by atoms with Crippen LogP contribution in [0.25, 0.3) is 0 Å². The van der Waals surface area contributed by atoms with Crippen LogP contribution in [0.1, 0.15) is 45.5 Å². The lowest BCUT2D eigenvalue weighted by Crippen LogP contribution is -2.54. The molecule has 2 unspecified atom stereocenters. The van der Waals surface area contributed by atoms with E-state index in [4.69, 9.17) is 5.73 Å². The number of piperidine rings is 1. The van der Waals surface area contributed by atoms with Crippen LogP contribution in [0.2, 0.25) is 0 Å². The molecule has 2 atom stereocenters. The molecule has 4 rings (SSSR count). The fourth-order valence-electron chi connectivity index (χ4n) is 3.90. The van der Waals surface area contributed by atoms with Gasteiger partial charge in [0.1, 0.15) is 6.04 Å². The molecule has 3 aliphatic rings. The Bertz CT molecular complexity index is 819. The lowest BCUT2D eigenvalue weighted by Gasteiger charge is -2.40. The summed E-state index contributed by atoms with van der Waals surface area (Å²) in [6.45, 7) is 2.02. The zero-order valence-electron chi connectivity index (χ0n) is 14.2. The van der Waals surface area contributed by atoms with Gasteiger partial charge in [0.15, 0.2) is 0 Å². The first-order valence-corrected chi connectivity index (χ1v) is 8.79. The van der Waals surface area contributed by atoms with Gasteiger partial charge in [-0.05, 0) is 24.5 Å². The van der Waals surface area contributed by atoms with Gasteiger partial charge in [-0.25, -0.2) is 0 Å². The lowest BCUT2D eigenvalue weighted by atomic mass is 9.98. The molecular formula is C18H20N4O4. The van der Waals surface area contributed by atoms with Gasteiger partial charge in [-0.3, -0.25) is 34.3 Å². The van der Waals surface area contributed by atoms with Crippen molar-refractivity contribution in [2.75, 3.05) is 13.1 Å². The van der Waals surface area contributed by atoms with Crippen molar-refractivity contribution in [2.24, 2.45) is 5.73 Å². The summed E-state index contributed by atoms with van der Waals surface area (Å²) in [6, 6.07) is 4.56. The van der Waals surface area contributed by atoms with E-state index in [1.165, 1.54) is 0 Å². The third-order valence-electron chi connectivity index (χ3n) is 5.47. The van der Waals surface area contributed by atoms with Crippen LogP contribution < -0.4 is 11.1 Å². The van der Waals surface area contributed by atoms with E-state index in [1.807, 2.05) is 6.07 Å². The van der Waals surface area contributed by atoms with Gasteiger partial charge in [-0.15, -0.1) is 0 Å². The van der Waals surface area contributed by atoms with Gasteiger partial charge in [-0.2, -0.15) is 0 Å². The molecule has 3 aliphatic heterocycles. The Hall–Kier alpha value is -2.58. The van der Waals surface area contributed by atoms with Gasteiger partial charge in [0.2, 0.25) is 11.8 Å². The molecule has 0 radical (unpaired) electrons. The number of imide groups is 2. The molecule has 1 aromatic rings. The number of fused-ring (bicyclic) bond motifs is 1. The maximum absolute atomic E-state index is 13.0. The summed E-state index contributed by atoms with van der Waals surface area (Å²) >= 11 is 0. The van der Waals surface area contributed by atoms with E-state index in [2.05, 4.69) is 10.2 Å². The van der Waals surface area contributed by atoms with Crippen molar-refractivity contribution in [3.8, 4) is 0 Å². The SMILES string of the molecule is NCC1CCN1Cc1cccc2c1C(=O)N(C1CCC(=O)NC1=O)C2=O. The largest absolute Gasteiger partial charge is 0.329 e. The number of amides is 4. The first-order valence-electron chi connectivity index (χ1n) is 8.79. The van der Waals surface area contributed by atoms with Crippen molar-refractivity contribution in [1.29, 1.82) is 0 Å². The fourth-order valence-corrected chi connectivity index (χ4v) is 3.90. The summed E-state index contributed by atoms with van der Waals surface area (Å²) < 4.78 is 0. The van der Waals surface area contributed by atoms with Gasteiger partial charge >= 0.3 is 0 Å². The molecule has 0 aromatic heterocycles. The van der Waals surface area contributed by atoms with E-state index in [-0.39, 0.29) is 18.7 Å². The predicted octanol–water partition coefficient (Wildman–Crippen LogP) is -0.379. The Morgan fingerprint density at radius 1 is 1.12 bits per heavy atom. The topological polar surface area (TPSA) is 113 Å². The molecule has 2 fully saturated rings. The van der Waals surface area contributed by atoms with Crippen molar-refractivity contribution in [3.63, 3.8) is 0 Å². The molecule has 0 saturated carbocycles. The summed E-state index contributed by atoms with van der Waals surface area (Å²) in [6.07, 6.45) is 1.30. The number of carbonyl (C=O) groups excluding carboxylic acids is 4. The van der Waals surface area contributed by atoms with E-state index in [1.54, 1.807) is 12.1 Å². The second-order valence-electron chi connectivity index (χ2n) is 6.94. The van der Waals surface area contributed by atoms with E-state index >= 15 is 0 Å². The Morgan fingerprint density at radius 3 is 2.58 bits per heavy atom. The lowest BCUT2D eigenvalue weighted by molar-refractivity contribution is -0.136. The molecule has 0 spiro atoms. The number of rotatable bonds is 4. The molecule has 0 bridgehead atoms. The molecule has 2 saturated heterocycles. The second-order valence-corrected chi connectivity index (χ2v) is 6.94. The summed E-state index contributed by atoms with van der Waals surface area (Å²) in [5.41, 5.74) is 7.20. The van der Waals surface area contributed by atoms with Gasteiger partial charge in [0.05, 0.1) is 11.1 Å². The predicted molar refractivity (Wildman–Crippen MR) is 91.0 cm³/mol. The number of hydrogen-bond acceptors (Lipinski definition) is 6. The van der Waals surface area contributed by atoms with Crippen molar-refractivity contribution < 1.29 is 19.2 Å². The number of nitrogens with zero attached hydrogens (tertiary/aromatic N) is 2. The zero-order chi connectivity index (χ0) is 18.4. The van der Waals surface area contributed by atoms with Gasteiger partial charge in [0.25, 0.3) is 11.8 Å². The smallest absolute Gasteiger partial charge is 0.262 e. The first kappa shape index (κ1) is 16.9. The second kappa shape index (κ2) is 6.30. The molecule has 4 amide bonds. The highest BCUT2D eigenvalue weighted by atomic mass is 16.2. The zero-order valence-corrected chi connectivity index (χ0v) is 14.2. The summed E-state index contributed by atoms with van der Waals surface area (Å²) in [7, 11) is 0. The molecule has 1 aromatic carbocycles. The Labute approximate surface area is 150 Å².